The highest BCUT2D eigenvalue weighted by Crippen LogP contribution is 2.32. The molecule has 0 rings (SSSR count). The van der Waals surface area contributed by atoms with Crippen molar-refractivity contribution in [1.82, 2.24) is 0 Å². The fraction of sp³-hybridized carbons (Fsp3) is 0.750. The van der Waals surface area contributed by atoms with Crippen molar-refractivity contribution in [2.75, 3.05) is 6.61 Å². The summed E-state index contributed by atoms with van der Waals surface area (Å²) >= 11 is 11.1. The minimum atomic E-state index is -1.25. The summed E-state index contributed by atoms with van der Waals surface area (Å²) in [5.41, 5.74) is 0. The number of carbonyl (C=O) groups excluding carboxylic acids is 1. The monoisotopic (exact) mass is 278 g/mol. The summed E-state index contributed by atoms with van der Waals surface area (Å²) in [6.07, 6.45) is 0. The molecule has 54 valence electrons. The first-order valence-electron chi connectivity index (χ1n) is 2.22. The lowest BCUT2D eigenvalue weighted by Gasteiger charge is -2.08. The van der Waals surface area contributed by atoms with Gasteiger partial charge < -0.3 is 4.74 Å². The van der Waals surface area contributed by atoms with Crippen LogP contribution in [-0.4, -0.2) is 15.3 Å². The van der Waals surface area contributed by atoms with Gasteiger partial charge in [-0.25, -0.2) is 4.79 Å². The fourth-order valence-electron chi connectivity index (χ4n) is 0.213. The molecule has 0 heterocycles. The van der Waals surface area contributed by atoms with Crippen LogP contribution < -0.4 is 0 Å². The van der Waals surface area contributed by atoms with E-state index in [0.717, 1.165) is 0 Å². The molecular formula is C4H5Br2ClO2. The minimum absolute atomic E-state index is 0.324. The molecule has 0 amide bonds. The van der Waals surface area contributed by atoms with Crippen molar-refractivity contribution in [2.45, 2.75) is 9.62 Å². The van der Waals surface area contributed by atoms with Crippen LogP contribution >= 0.6 is 43.5 Å². The lowest BCUT2D eigenvalue weighted by Crippen LogP contribution is -2.20. The van der Waals surface area contributed by atoms with Crippen LogP contribution in [0.4, 0.5) is 0 Å². The van der Waals surface area contributed by atoms with Crippen molar-refractivity contribution in [3.63, 3.8) is 0 Å². The molecule has 2 nitrogen and oxygen atoms in total. The van der Waals surface area contributed by atoms with E-state index in [9.17, 15) is 4.79 Å². The zero-order valence-corrected chi connectivity index (χ0v) is 8.59. The Balaban J connectivity index is 3.74. The smallest absolute Gasteiger partial charge is 0.349 e. The highest BCUT2D eigenvalue weighted by atomic mass is 79.9. The third-order valence-electron chi connectivity index (χ3n) is 0.507. The minimum Gasteiger partial charge on any atom is -0.463 e. The summed E-state index contributed by atoms with van der Waals surface area (Å²) in [6.45, 7) is 2.03. The molecule has 0 fully saturated rings. The molecule has 0 aromatic carbocycles. The molecule has 0 saturated heterocycles. The van der Waals surface area contributed by atoms with Gasteiger partial charge in [0.2, 0.25) is 2.69 Å². The maximum atomic E-state index is 10.6. The van der Waals surface area contributed by atoms with Crippen molar-refractivity contribution in [3.05, 3.63) is 0 Å². The Hall–Kier alpha value is 0.720. The van der Waals surface area contributed by atoms with E-state index in [4.69, 9.17) is 11.6 Å². The van der Waals surface area contributed by atoms with Gasteiger partial charge in [-0.05, 0) is 38.8 Å². The largest absolute Gasteiger partial charge is 0.463 e. The van der Waals surface area contributed by atoms with E-state index in [-0.39, 0.29) is 0 Å². The Labute approximate surface area is 75.1 Å². The zero-order valence-electron chi connectivity index (χ0n) is 4.66. The van der Waals surface area contributed by atoms with Gasteiger partial charge in [-0.15, -0.1) is 0 Å². The number of rotatable bonds is 2. The van der Waals surface area contributed by atoms with Gasteiger partial charge in [-0.2, -0.15) is 0 Å². The average Bonchev–Trinajstić information content (AvgIpc) is 1.64. The number of hydrogen-bond donors (Lipinski definition) is 0. The normalized spacial score (nSPS) is 11.1. The Kier molecular flexibility index (Phi) is 4.09. The van der Waals surface area contributed by atoms with Crippen LogP contribution in [0, 0.1) is 0 Å². The predicted octanol–water partition coefficient (Wildman–Crippen LogP) is 2.23. The van der Waals surface area contributed by atoms with Crippen LogP contribution in [-0.2, 0) is 9.53 Å². The molecule has 0 unspecified atom stereocenters. The number of alkyl halides is 3. The third kappa shape index (κ3) is 4.17. The highest BCUT2D eigenvalue weighted by molar-refractivity contribution is 9.26. The average molecular weight is 280 g/mol. The molecule has 0 aromatic heterocycles. The van der Waals surface area contributed by atoms with Crippen molar-refractivity contribution in [1.29, 1.82) is 0 Å². The van der Waals surface area contributed by atoms with Crippen molar-refractivity contribution >= 4 is 49.4 Å². The molecular weight excluding hydrogens is 275 g/mol. The van der Waals surface area contributed by atoms with Crippen LogP contribution in [0.15, 0.2) is 0 Å². The molecule has 0 aliphatic rings. The van der Waals surface area contributed by atoms with Gasteiger partial charge in [-0.1, -0.05) is 11.6 Å². The molecule has 0 saturated carbocycles. The van der Waals surface area contributed by atoms with Crippen LogP contribution in [0.1, 0.15) is 6.92 Å². The second kappa shape index (κ2) is 3.78. The first-order valence-corrected chi connectivity index (χ1v) is 4.18. The maximum Gasteiger partial charge on any atom is 0.349 e. The Bertz CT molecular complexity index is 110. The van der Waals surface area contributed by atoms with E-state index in [2.05, 4.69) is 36.6 Å². The standard InChI is InChI=1S/C4H5Br2ClO2/c1-2-9-3(8)4(5,6)7/h2H2,1H3. The molecule has 0 bridgehead atoms. The van der Waals surface area contributed by atoms with Gasteiger partial charge >= 0.3 is 5.97 Å². The SMILES string of the molecule is CCOC(=O)C(Cl)(Br)Br. The topological polar surface area (TPSA) is 26.3 Å². The second-order valence-electron chi connectivity index (χ2n) is 1.22. The van der Waals surface area contributed by atoms with E-state index in [1.807, 2.05) is 0 Å². The van der Waals surface area contributed by atoms with Gasteiger partial charge in [-0.3, -0.25) is 0 Å². The molecule has 0 aromatic rings. The lowest BCUT2D eigenvalue weighted by atomic mass is 10.8. The number of hydrogen-bond acceptors (Lipinski definition) is 2. The zero-order chi connectivity index (χ0) is 7.49. The van der Waals surface area contributed by atoms with E-state index in [1.54, 1.807) is 6.92 Å². The van der Waals surface area contributed by atoms with Crippen LogP contribution in [0.3, 0.4) is 0 Å². The summed E-state index contributed by atoms with van der Waals surface area (Å²) in [5.74, 6) is -0.535. The maximum absolute atomic E-state index is 10.6. The second-order valence-corrected chi connectivity index (χ2v) is 6.14. The number of ether oxygens (including phenoxy) is 1. The van der Waals surface area contributed by atoms with Crippen LogP contribution in [0.25, 0.3) is 0 Å². The Morgan fingerprint density at radius 2 is 2.22 bits per heavy atom. The fourth-order valence-corrected chi connectivity index (χ4v) is 0.496. The summed E-state index contributed by atoms with van der Waals surface area (Å²) < 4.78 is 3.29. The highest BCUT2D eigenvalue weighted by Gasteiger charge is 2.30. The van der Waals surface area contributed by atoms with Crippen LogP contribution in [0.5, 0.6) is 0 Å². The van der Waals surface area contributed by atoms with Crippen molar-refractivity contribution in [2.24, 2.45) is 0 Å². The molecule has 0 aliphatic heterocycles. The van der Waals surface area contributed by atoms with Gasteiger partial charge in [0.05, 0.1) is 6.61 Å². The van der Waals surface area contributed by atoms with Gasteiger partial charge in [0.25, 0.3) is 0 Å². The van der Waals surface area contributed by atoms with Gasteiger partial charge in [0.15, 0.2) is 0 Å². The first kappa shape index (κ1) is 9.72. The molecule has 0 radical (unpaired) electrons. The van der Waals surface area contributed by atoms with Gasteiger partial charge in [0, 0.05) is 0 Å². The number of carbonyl (C=O) groups is 1. The molecule has 0 spiro atoms. The Morgan fingerprint density at radius 3 is 2.33 bits per heavy atom. The third-order valence-corrected chi connectivity index (χ3v) is 1.31. The van der Waals surface area contributed by atoms with E-state index in [1.165, 1.54) is 0 Å². The number of esters is 1. The van der Waals surface area contributed by atoms with Gasteiger partial charge in [0.1, 0.15) is 0 Å². The van der Waals surface area contributed by atoms with Crippen LogP contribution in [0.2, 0.25) is 0 Å². The van der Waals surface area contributed by atoms with E-state index >= 15 is 0 Å². The summed E-state index contributed by atoms with van der Waals surface area (Å²) in [4.78, 5) is 10.6. The van der Waals surface area contributed by atoms with E-state index < -0.39 is 8.66 Å². The number of halogens is 3. The summed E-state index contributed by atoms with van der Waals surface area (Å²) in [6, 6.07) is 0. The quantitative estimate of drug-likeness (QED) is 0.573. The molecule has 5 heteroatoms. The summed E-state index contributed by atoms with van der Waals surface area (Å²) in [5, 5.41) is 0. The molecule has 0 aliphatic carbocycles. The Morgan fingerprint density at radius 1 is 1.78 bits per heavy atom. The summed E-state index contributed by atoms with van der Waals surface area (Å²) in [7, 11) is 0. The molecule has 0 N–H and O–H groups in total. The van der Waals surface area contributed by atoms with E-state index in [0.29, 0.717) is 6.61 Å². The molecule has 0 atom stereocenters. The van der Waals surface area contributed by atoms with Crippen molar-refractivity contribution < 1.29 is 9.53 Å². The first-order chi connectivity index (χ1) is 3.98. The lowest BCUT2D eigenvalue weighted by molar-refractivity contribution is -0.141. The molecule has 9 heavy (non-hydrogen) atoms. The predicted molar refractivity (Wildman–Crippen MR) is 43.1 cm³/mol. The van der Waals surface area contributed by atoms with Crippen molar-refractivity contribution in [3.8, 4) is 0 Å².